The first kappa shape index (κ1) is 18.0. The maximum Gasteiger partial charge on any atom is 0.154 e. The van der Waals surface area contributed by atoms with Gasteiger partial charge < -0.3 is 15.0 Å². The van der Waals surface area contributed by atoms with Gasteiger partial charge in [0.25, 0.3) is 0 Å². The van der Waals surface area contributed by atoms with Gasteiger partial charge in [-0.3, -0.25) is 10.1 Å². The van der Waals surface area contributed by atoms with Gasteiger partial charge in [0.2, 0.25) is 0 Å². The molecule has 0 bridgehead atoms. The van der Waals surface area contributed by atoms with Gasteiger partial charge in [-0.15, -0.1) is 0 Å². The van der Waals surface area contributed by atoms with E-state index in [1.165, 1.54) is 17.6 Å². The van der Waals surface area contributed by atoms with E-state index in [9.17, 15) is 0 Å². The van der Waals surface area contributed by atoms with Crippen LogP contribution in [0.4, 0.5) is 11.5 Å². The van der Waals surface area contributed by atoms with Gasteiger partial charge in [0.1, 0.15) is 5.52 Å². The van der Waals surface area contributed by atoms with Crippen molar-refractivity contribution in [2.24, 2.45) is 5.14 Å². The molecule has 0 aliphatic carbocycles. The van der Waals surface area contributed by atoms with Gasteiger partial charge in [0.15, 0.2) is 5.82 Å². The average Bonchev–Trinajstić information content (AvgIpc) is 2.74. The van der Waals surface area contributed by atoms with Crippen molar-refractivity contribution in [3.63, 3.8) is 0 Å². The van der Waals surface area contributed by atoms with Crippen LogP contribution in [0, 0.1) is 0 Å². The summed E-state index contributed by atoms with van der Waals surface area (Å²) in [7, 11) is 0. The average molecular weight is 382 g/mol. The van der Waals surface area contributed by atoms with Crippen molar-refractivity contribution in [2.75, 3.05) is 48.8 Å². The first-order valence-corrected chi connectivity index (χ1v) is 10.0. The van der Waals surface area contributed by atoms with Gasteiger partial charge in [-0.2, -0.15) is 0 Å². The molecule has 140 valence electrons. The second kappa shape index (κ2) is 8.51. The molecule has 27 heavy (non-hydrogen) atoms. The minimum absolute atomic E-state index is 0.721. The van der Waals surface area contributed by atoms with Crippen molar-refractivity contribution in [3.8, 4) is 11.3 Å². The number of hydrogen-bond donors (Lipinski definition) is 2. The van der Waals surface area contributed by atoms with Crippen LogP contribution >= 0.6 is 11.9 Å². The van der Waals surface area contributed by atoms with Crippen molar-refractivity contribution < 1.29 is 4.74 Å². The Morgan fingerprint density at radius 3 is 2.67 bits per heavy atom. The molecule has 3 aromatic rings. The summed E-state index contributed by atoms with van der Waals surface area (Å²) in [5.74, 6) is 1.53. The number of pyridine rings is 1. The summed E-state index contributed by atoms with van der Waals surface area (Å²) in [6, 6.07) is 10.5. The first-order valence-electron chi connectivity index (χ1n) is 8.95. The molecule has 3 N–H and O–H groups in total. The molecule has 1 fully saturated rings. The molecule has 0 radical (unpaired) electrons. The van der Waals surface area contributed by atoms with E-state index in [4.69, 9.17) is 14.9 Å². The number of aromatic nitrogens is 3. The zero-order valence-corrected chi connectivity index (χ0v) is 15.8. The smallest absolute Gasteiger partial charge is 0.154 e. The Hall–Kier alpha value is -2.42. The summed E-state index contributed by atoms with van der Waals surface area (Å²) < 4.78 is 5.43. The van der Waals surface area contributed by atoms with Crippen LogP contribution in [0.25, 0.3) is 22.3 Å². The summed E-state index contributed by atoms with van der Waals surface area (Å²) in [6.07, 6.45) is 3.39. The van der Waals surface area contributed by atoms with Crippen molar-refractivity contribution in [2.45, 2.75) is 0 Å². The number of nitrogens with zero attached hydrogens (tertiary/aromatic N) is 4. The van der Waals surface area contributed by atoms with Crippen LogP contribution in [0.3, 0.4) is 0 Å². The van der Waals surface area contributed by atoms with Crippen molar-refractivity contribution in [1.29, 1.82) is 0 Å². The Balaban J connectivity index is 1.64. The fourth-order valence-corrected chi connectivity index (χ4v) is 3.36. The zero-order chi connectivity index (χ0) is 18.5. The molecule has 4 rings (SSSR count). The molecule has 8 heteroatoms. The van der Waals surface area contributed by atoms with Crippen molar-refractivity contribution in [3.05, 3.63) is 42.7 Å². The number of morpholine rings is 1. The molecule has 1 aliphatic rings. The maximum atomic E-state index is 5.52. The normalized spacial score (nSPS) is 14.5. The fourth-order valence-electron chi connectivity index (χ4n) is 3.14. The summed E-state index contributed by atoms with van der Waals surface area (Å²) >= 11 is 1.30. The second-order valence-electron chi connectivity index (χ2n) is 6.22. The lowest BCUT2D eigenvalue weighted by atomic mass is 10.1. The van der Waals surface area contributed by atoms with Gasteiger partial charge in [-0.1, -0.05) is 24.1 Å². The third kappa shape index (κ3) is 4.13. The highest BCUT2D eigenvalue weighted by atomic mass is 32.2. The molecule has 3 heterocycles. The van der Waals surface area contributed by atoms with Crippen molar-refractivity contribution in [1.82, 2.24) is 15.0 Å². The van der Waals surface area contributed by atoms with Crippen LogP contribution in [0.2, 0.25) is 0 Å². The van der Waals surface area contributed by atoms with Gasteiger partial charge in [-0.25, -0.2) is 9.97 Å². The summed E-state index contributed by atoms with van der Waals surface area (Å²) in [5, 5.41) is 8.84. The van der Waals surface area contributed by atoms with Gasteiger partial charge in [0, 0.05) is 49.0 Å². The number of anilines is 2. The molecule has 0 spiro atoms. The number of benzene rings is 1. The first-order chi connectivity index (χ1) is 13.3. The molecule has 0 saturated carbocycles. The monoisotopic (exact) mass is 382 g/mol. The number of hydrogen-bond acceptors (Lipinski definition) is 8. The van der Waals surface area contributed by atoms with E-state index in [1.807, 2.05) is 6.07 Å². The van der Waals surface area contributed by atoms with E-state index < -0.39 is 0 Å². The molecule has 2 aromatic heterocycles. The van der Waals surface area contributed by atoms with Crippen LogP contribution < -0.4 is 15.4 Å². The van der Waals surface area contributed by atoms with Crippen LogP contribution in [-0.4, -0.2) is 53.6 Å². The Morgan fingerprint density at radius 1 is 1.11 bits per heavy atom. The number of nitrogens with two attached hydrogens (primary N) is 1. The fraction of sp³-hybridized carbons (Fsp3) is 0.316. The SMILES string of the molecule is NSCCNc1nc(-c2ccc(N3CCOCC3)cc2)cc2nccnc12. The van der Waals surface area contributed by atoms with Crippen LogP contribution in [0.15, 0.2) is 42.7 Å². The van der Waals surface area contributed by atoms with Crippen LogP contribution in [0.5, 0.6) is 0 Å². The molecule has 7 nitrogen and oxygen atoms in total. The Morgan fingerprint density at radius 2 is 1.89 bits per heavy atom. The predicted molar refractivity (Wildman–Crippen MR) is 111 cm³/mol. The molecular formula is C19H22N6OS. The highest BCUT2D eigenvalue weighted by molar-refractivity contribution is 7.97. The standard InChI is InChI=1S/C19H22N6OS/c20-27-12-7-23-19-18-17(21-5-6-22-18)13-16(24-19)14-1-3-15(4-2-14)25-8-10-26-11-9-25/h1-6,13H,7-12,20H2,(H,23,24). The molecule has 0 atom stereocenters. The van der Waals surface area contributed by atoms with E-state index in [0.717, 1.165) is 66.7 Å². The third-order valence-electron chi connectivity index (χ3n) is 4.51. The molecule has 1 aliphatic heterocycles. The lowest BCUT2D eigenvalue weighted by Gasteiger charge is -2.28. The van der Waals surface area contributed by atoms with E-state index in [-0.39, 0.29) is 0 Å². The van der Waals surface area contributed by atoms with Gasteiger partial charge in [-0.05, 0) is 18.2 Å². The molecular weight excluding hydrogens is 360 g/mol. The summed E-state index contributed by atoms with van der Waals surface area (Å²) in [5.41, 5.74) is 4.73. The lowest BCUT2D eigenvalue weighted by molar-refractivity contribution is 0.122. The number of fused-ring (bicyclic) bond motifs is 1. The number of rotatable bonds is 6. The highest BCUT2D eigenvalue weighted by Crippen LogP contribution is 2.27. The lowest BCUT2D eigenvalue weighted by Crippen LogP contribution is -2.36. The van der Waals surface area contributed by atoms with Crippen LogP contribution in [-0.2, 0) is 4.74 Å². The Kier molecular flexibility index (Phi) is 5.66. The van der Waals surface area contributed by atoms with Crippen LogP contribution in [0.1, 0.15) is 0 Å². The Labute approximate surface area is 162 Å². The molecule has 1 saturated heterocycles. The third-order valence-corrected chi connectivity index (χ3v) is 4.95. The summed E-state index contributed by atoms with van der Waals surface area (Å²) in [6.45, 7) is 4.14. The summed E-state index contributed by atoms with van der Waals surface area (Å²) in [4.78, 5) is 16.0. The molecule has 1 aromatic carbocycles. The van der Waals surface area contributed by atoms with Gasteiger partial charge in [0.05, 0.1) is 24.4 Å². The minimum Gasteiger partial charge on any atom is -0.378 e. The van der Waals surface area contributed by atoms with Crippen molar-refractivity contribution >= 4 is 34.5 Å². The van der Waals surface area contributed by atoms with E-state index in [1.54, 1.807) is 12.4 Å². The van der Waals surface area contributed by atoms with E-state index in [2.05, 4.69) is 44.5 Å². The quantitative estimate of drug-likeness (QED) is 0.497. The minimum atomic E-state index is 0.721. The topological polar surface area (TPSA) is 89.2 Å². The highest BCUT2D eigenvalue weighted by Gasteiger charge is 2.13. The predicted octanol–water partition coefficient (Wildman–Crippen LogP) is 2.55. The second-order valence-corrected chi connectivity index (χ2v) is 6.97. The largest absolute Gasteiger partial charge is 0.378 e. The molecule has 0 amide bonds. The number of ether oxygens (including phenoxy) is 1. The zero-order valence-electron chi connectivity index (χ0n) is 15.0. The maximum absolute atomic E-state index is 5.52. The van der Waals surface area contributed by atoms with E-state index in [0.29, 0.717) is 0 Å². The van der Waals surface area contributed by atoms with E-state index >= 15 is 0 Å². The number of nitrogens with one attached hydrogen (secondary N) is 1. The molecule has 0 unspecified atom stereocenters. The van der Waals surface area contributed by atoms with Gasteiger partial charge >= 0.3 is 0 Å². The Bertz CT molecular complexity index is 898.